The molecule has 6 nitrogen and oxygen atoms in total. The predicted molar refractivity (Wildman–Crippen MR) is 116 cm³/mol. The van der Waals surface area contributed by atoms with Gasteiger partial charge in [-0.15, -0.1) is 11.3 Å². The van der Waals surface area contributed by atoms with Gasteiger partial charge in [0.2, 0.25) is 5.91 Å². The highest BCUT2D eigenvalue weighted by Crippen LogP contribution is 2.31. The summed E-state index contributed by atoms with van der Waals surface area (Å²) in [6, 6.07) is 18.8. The van der Waals surface area contributed by atoms with E-state index in [2.05, 4.69) is 15.6 Å². The first-order valence-corrected chi connectivity index (χ1v) is 10.5. The largest absolute Gasteiger partial charge is 0.457 e. The van der Waals surface area contributed by atoms with Gasteiger partial charge in [-0.1, -0.05) is 29.5 Å². The molecule has 2 amide bonds. The molecule has 4 rings (SSSR count). The molecule has 2 N–H and O–H groups in total. The number of carbonyl (C=O) groups excluding carboxylic acids is 2. The molecule has 0 atom stereocenters. The number of nitrogens with one attached hydrogen (secondary N) is 2. The molecule has 0 saturated carbocycles. The van der Waals surface area contributed by atoms with Crippen molar-refractivity contribution in [3.63, 3.8) is 0 Å². The van der Waals surface area contributed by atoms with Crippen LogP contribution in [-0.4, -0.2) is 16.8 Å². The van der Waals surface area contributed by atoms with Crippen molar-refractivity contribution in [3.05, 3.63) is 70.4 Å². The van der Waals surface area contributed by atoms with E-state index in [0.29, 0.717) is 22.3 Å². The topological polar surface area (TPSA) is 80.3 Å². The maximum Gasteiger partial charge on any atom is 0.267 e. The lowest BCUT2D eigenvalue weighted by molar-refractivity contribution is -0.119. The van der Waals surface area contributed by atoms with Crippen LogP contribution in [0.15, 0.2) is 60.7 Å². The summed E-state index contributed by atoms with van der Waals surface area (Å²) in [6.45, 7) is 1.88. The quantitative estimate of drug-likeness (QED) is 0.455. The zero-order valence-electron chi connectivity index (χ0n) is 15.5. The molecule has 0 radical (unpaired) electrons. The van der Waals surface area contributed by atoms with Gasteiger partial charge in [0, 0.05) is 17.9 Å². The Labute approximate surface area is 175 Å². The third kappa shape index (κ3) is 4.79. The van der Waals surface area contributed by atoms with Crippen LogP contribution >= 0.6 is 22.7 Å². The van der Waals surface area contributed by atoms with Gasteiger partial charge in [-0.05, 0) is 36.4 Å². The Bertz CT molecular complexity index is 1170. The Morgan fingerprint density at radius 2 is 1.83 bits per heavy atom. The minimum absolute atomic E-state index is 0.102. The van der Waals surface area contributed by atoms with Crippen LogP contribution in [0.5, 0.6) is 11.5 Å². The number of fused-ring (bicyclic) bond motifs is 1. The van der Waals surface area contributed by atoms with Crippen molar-refractivity contribution in [1.82, 2.24) is 10.3 Å². The molecule has 4 aromatic rings. The molecule has 0 fully saturated rings. The van der Waals surface area contributed by atoms with Crippen LogP contribution in [0.3, 0.4) is 0 Å². The van der Waals surface area contributed by atoms with E-state index in [1.807, 2.05) is 54.6 Å². The number of benzene rings is 2. The van der Waals surface area contributed by atoms with Gasteiger partial charge in [0.05, 0.1) is 21.6 Å². The van der Waals surface area contributed by atoms with E-state index >= 15 is 0 Å². The number of carbonyl (C=O) groups is 2. The number of thiazole rings is 1. The molecule has 0 spiro atoms. The third-order valence-electron chi connectivity index (χ3n) is 3.96. The SMILES string of the molecule is CC(=O)NCc1ccc(C(=O)Nc2nc3ccc(Oc4ccccc4)cc3s2)s1. The molecule has 146 valence electrons. The van der Waals surface area contributed by atoms with E-state index in [0.717, 1.165) is 20.8 Å². The standard InChI is InChI=1S/C21H17N3O3S2/c1-13(25)22-12-16-8-10-18(28-16)20(26)24-21-23-17-9-7-15(11-19(17)29-21)27-14-5-3-2-4-6-14/h2-11H,12H2,1H3,(H,22,25)(H,23,24,26). The number of para-hydroxylation sites is 1. The first-order chi connectivity index (χ1) is 14.1. The summed E-state index contributed by atoms with van der Waals surface area (Å²) >= 11 is 2.73. The molecule has 8 heteroatoms. The zero-order valence-corrected chi connectivity index (χ0v) is 17.1. The average Bonchev–Trinajstić information content (AvgIpc) is 3.33. The normalized spacial score (nSPS) is 10.7. The number of nitrogens with zero attached hydrogens (tertiary/aromatic N) is 1. The van der Waals surface area contributed by atoms with Crippen LogP contribution in [-0.2, 0) is 11.3 Å². The molecule has 0 aliphatic heterocycles. The first-order valence-electron chi connectivity index (χ1n) is 8.85. The van der Waals surface area contributed by atoms with Crippen molar-refractivity contribution in [3.8, 4) is 11.5 Å². The Balaban J connectivity index is 1.45. The van der Waals surface area contributed by atoms with Gasteiger partial charge in [-0.2, -0.15) is 0 Å². The number of ether oxygens (including phenoxy) is 1. The summed E-state index contributed by atoms with van der Waals surface area (Å²) in [5.41, 5.74) is 0.795. The molecule has 0 aliphatic carbocycles. The van der Waals surface area contributed by atoms with Crippen LogP contribution in [0.25, 0.3) is 10.2 Å². The first kappa shape index (κ1) is 19.1. The maximum absolute atomic E-state index is 12.5. The Hall–Kier alpha value is -3.23. The molecule has 2 aromatic heterocycles. The molecule has 0 aliphatic rings. The summed E-state index contributed by atoms with van der Waals surface area (Å²) in [7, 11) is 0. The molecule has 2 aromatic carbocycles. The number of hydrogen-bond donors (Lipinski definition) is 2. The van der Waals surface area contributed by atoms with Gasteiger partial charge >= 0.3 is 0 Å². The lowest BCUT2D eigenvalue weighted by Crippen LogP contribution is -2.18. The van der Waals surface area contributed by atoms with Crippen molar-refractivity contribution in [2.75, 3.05) is 5.32 Å². The number of anilines is 1. The van der Waals surface area contributed by atoms with Gasteiger partial charge in [0.1, 0.15) is 11.5 Å². The lowest BCUT2D eigenvalue weighted by atomic mass is 10.3. The van der Waals surface area contributed by atoms with Crippen LogP contribution in [0.4, 0.5) is 5.13 Å². The van der Waals surface area contributed by atoms with Crippen molar-refractivity contribution in [2.24, 2.45) is 0 Å². The fourth-order valence-corrected chi connectivity index (χ4v) is 4.34. The Morgan fingerprint density at radius 3 is 2.62 bits per heavy atom. The summed E-state index contributed by atoms with van der Waals surface area (Å²) in [5, 5.41) is 6.09. The average molecular weight is 424 g/mol. The van der Waals surface area contributed by atoms with Crippen LogP contribution in [0.1, 0.15) is 21.5 Å². The number of amides is 2. The van der Waals surface area contributed by atoms with Gasteiger partial charge < -0.3 is 10.1 Å². The van der Waals surface area contributed by atoms with E-state index in [9.17, 15) is 9.59 Å². The summed E-state index contributed by atoms with van der Waals surface area (Å²) in [4.78, 5) is 29.5. The van der Waals surface area contributed by atoms with Gasteiger partial charge in [-0.3, -0.25) is 14.9 Å². The Morgan fingerprint density at radius 1 is 1.00 bits per heavy atom. The summed E-state index contributed by atoms with van der Waals surface area (Å²) in [5.74, 6) is 1.15. The second-order valence-corrected chi connectivity index (χ2v) is 8.39. The predicted octanol–water partition coefficient (Wildman–Crippen LogP) is 5.04. The highest BCUT2D eigenvalue weighted by atomic mass is 32.1. The smallest absolute Gasteiger partial charge is 0.267 e. The van der Waals surface area contributed by atoms with Crippen LogP contribution in [0.2, 0.25) is 0 Å². The minimum atomic E-state index is -0.219. The van der Waals surface area contributed by atoms with E-state index in [1.165, 1.54) is 29.6 Å². The van der Waals surface area contributed by atoms with Gasteiger partial charge in [0.15, 0.2) is 5.13 Å². The van der Waals surface area contributed by atoms with E-state index in [4.69, 9.17) is 4.74 Å². The maximum atomic E-state index is 12.5. The fourth-order valence-electron chi connectivity index (χ4n) is 2.61. The Kier molecular flexibility index (Phi) is 5.55. The van der Waals surface area contributed by atoms with E-state index in [1.54, 1.807) is 6.07 Å². The second kappa shape index (κ2) is 8.42. The van der Waals surface area contributed by atoms with Gasteiger partial charge in [-0.25, -0.2) is 4.98 Å². The van der Waals surface area contributed by atoms with Crippen molar-refractivity contribution in [1.29, 1.82) is 0 Å². The highest BCUT2D eigenvalue weighted by Gasteiger charge is 2.13. The highest BCUT2D eigenvalue weighted by molar-refractivity contribution is 7.22. The summed E-state index contributed by atoms with van der Waals surface area (Å²) < 4.78 is 6.77. The molecule has 0 bridgehead atoms. The van der Waals surface area contributed by atoms with Crippen molar-refractivity contribution in [2.45, 2.75) is 13.5 Å². The fraction of sp³-hybridized carbons (Fsp3) is 0.0952. The van der Waals surface area contributed by atoms with Crippen LogP contribution < -0.4 is 15.4 Å². The molecular formula is C21H17N3O3S2. The number of aromatic nitrogens is 1. The monoisotopic (exact) mass is 423 g/mol. The van der Waals surface area contributed by atoms with Gasteiger partial charge in [0.25, 0.3) is 5.91 Å². The van der Waals surface area contributed by atoms with Crippen LogP contribution in [0, 0.1) is 0 Å². The van der Waals surface area contributed by atoms with E-state index < -0.39 is 0 Å². The second-order valence-electron chi connectivity index (χ2n) is 6.19. The molecule has 2 heterocycles. The lowest BCUT2D eigenvalue weighted by Gasteiger charge is -2.04. The summed E-state index contributed by atoms with van der Waals surface area (Å²) in [6.07, 6.45) is 0. The third-order valence-corrected chi connectivity index (χ3v) is 5.97. The van der Waals surface area contributed by atoms with Crippen molar-refractivity contribution < 1.29 is 14.3 Å². The molecular weight excluding hydrogens is 406 g/mol. The number of thiophene rings is 1. The molecule has 29 heavy (non-hydrogen) atoms. The number of hydrogen-bond acceptors (Lipinski definition) is 6. The molecule has 0 saturated heterocycles. The van der Waals surface area contributed by atoms with Crippen molar-refractivity contribution >= 4 is 49.8 Å². The minimum Gasteiger partial charge on any atom is -0.457 e. The molecule has 0 unspecified atom stereocenters. The zero-order chi connectivity index (χ0) is 20.2. The van der Waals surface area contributed by atoms with E-state index in [-0.39, 0.29) is 11.8 Å². The number of rotatable bonds is 6.